The lowest BCUT2D eigenvalue weighted by molar-refractivity contribution is -0.129. The van der Waals surface area contributed by atoms with E-state index >= 15 is 0 Å². The zero-order valence-corrected chi connectivity index (χ0v) is 11.5. The Balaban J connectivity index is 2.63. The summed E-state index contributed by atoms with van der Waals surface area (Å²) >= 11 is 0. The van der Waals surface area contributed by atoms with Crippen molar-refractivity contribution in [3.63, 3.8) is 0 Å². The lowest BCUT2D eigenvalue weighted by atomic mass is 10.1. The van der Waals surface area contributed by atoms with Gasteiger partial charge >= 0.3 is 0 Å². The van der Waals surface area contributed by atoms with Crippen molar-refractivity contribution in [2.75, 3.05) is 19.6 Å². The molecule has 0 saturated heterocycles. The molecule has 1 aromatic rings. The molecule has 106 valence electrons. The van der Waals surface area contributed by atoms with Gasteiger partial charge in [0.2, 0.25) is 5.91 Å². The number of rotatable bonds is 6. The van der Waals surface area contributed by atoms with Crippen molar-refractivity contribution in [3.8, 4) is 0 Å². The van der Waals surface area contributed by atoms with Gasteiger partial charge in [-0.05, 0) is 26.8 Å². The van der Waals surface area contributed by atoms with E-state index in [2.05, 4.69) is 5.32 Å². The van der Waals surface area contributed by atoms with Crippen LogP contribution < -0.4 is 5.32 Å². The van der Waals surface area contributed by atoms with Gasteiger partial charge < -0.3 is 10.2 Å². The summed E-state index contributed by atoms with van der Waals surface area (Å²) in [5.41, 5.74) is 0.229. The van der Waals surface area contributed by atoms with Crippen molar-refractivity contribution in [1.82, 2.24) is 10.2 Å². The number of nitrogens with zero attached hydrogens (tertiary/aromatic N) is 1. The Bertz CT molecular complexity index is 433. The van der Waals surface area contributed by atoms with Crippen LogP contribution in [0.25, 0.3) is 0 Å². The third kappa shape index (κ3) is 3.99. The average Bonchev–Trinajstić information content (AvgIpc) is 2.40. The van der Waals surface area contributed by atoms with Gasteiger partial charge in [-0.1, -0.05) is 12.1 Å². The van der Waals surface area contributed by atoms with E-state index in [1.165, 1.54) is 12.1 Å². The van der Waals surface area contributed by atoms with Crippen LogP contribution in [0.3, 0.4) is 0 Å². The molecule has 0 aliphatic rings. The van der Waals surface area contributed by atoms with E-state index in [0.29, 0.717) is 13.1 Å². The molecule has 1 aromatic carbocycles. The monoisotopic (exact) mass is 270 g/mol. The summed E-state index contributed by atoms with van der Waals surface area (Å²) in [5, 5.41) is 2.92. The Labute approximate surface area is 112 Å². The number of amides is 1. The second-order valence-corrected chi connectivity index (χ2v) is 4.31. The fourth-order valence-electron chi connectivity index (χ4n) is 1.89. The maximum Gasteiger partial charge on any atom is 0.236 e. The van der Waals surface area contributed by atoms with E-state index < -0.39 is 17.7 Å². The van der Waals surface area contributed by atoms with Crippen LogP contribution in [0.1, 0.15) is 32.4 Å². The third-order valence-electron chi connectivity index (χ3n) is 3.12. The summed E-state index contributed by atoms with van der Waals surface area (Å²) in [6.45, 7) is 6.89. The van der Waals surface area contributed by atoms with E-state index in [0.717, 1.165) is 6.07 Å². The molecule has 0 aliphatic carbocycles. The highest BCUT2D eigenvalue weighted by atomic mass is 19.2. The Morgan fingerprint density at radius 3 is 2.53 bits per heavy atom. The maximum absolute atomic E-state index is 13.6. The number of hydrogen-bond acceptors (Lipinski definition) is 2. The largest absolute Gasteiger partial charge is 0.342 e. The first-order chi connectivity index (χ1) is 9.01. The van der Waals surface area contributed by atoms with Crippen LogP contribution >= 0.6 is 0 Å². The van der Waals surface area contributed by atoms with E-state index in [1.807, 2.05) is 13.8 Å². The second-order valence-electron chi connectivity index (χ2n) is 4.31. The van der Waals surface area contributed by atoms with Crippen LogP contribution in [0.2, 0.25) is 0 Å². The van der Waals surface area contributed by atoms with Gasteiger partial charge in [0.05, 0.1) is 6.54 Å². The number of benzene rings is 1. The van der Waals surface area contributed by atoms with E-state index in [1.54, 1.807) is 11.8 Å². The quantitative estimate of drug-likeness (QED) is 0.861. The second kappa shape index (κ2) is 7.19. The topological polar surface area (TPSA) is 32.3 Å². The summed E-state index contributed by atoms with van der Waals surface area (Å²) in [4.78, 5) is 13.5. The molecule has 19 heavy (non-hydrogen) atoms. The van der Waals surface area contributed by atoms with Crippen molar-refractivity contribution in [2.45, 2.75) is 26.8 Å². The van der Waals surface area contributed by atoms with Crippen LogP contribution in [0.5, 0.6) is 0 Å². The number of nitrogens with one attached hydrogen (secondary N) is 1. The lowest BCUT2D eigenvalue weighted by Crippen LogP contribution is -2.38. The predicted molar refractivity (Wildman–Crippen MR) is 70.7 cm³/mol. The zero-order valence-electron chi connectivity index (χ0n) is 11.5. The van der Waals surface area contributed by atoms with Crippen LogP contribution in [0.4, 0.5) is 8.78 Å². The normalized spacial score (nSPS) is 12.3. The molecule has 0 aromatic heterocycles. The fraction of sp³-hybridized carbons (Fsp3) is 0.500. The van der Waals surface area contributed by atoms with Crippen molar-refractivity contribution < 1.29 is 13.6 Å². The molecule has 0 bridgehead atoms. The van der Waals surface area contributed by atoms with E-state index in [4.69, 9.17) is 0 Å². The first-order valence-corrected chi connectivity index (χ1v) is 6.46. The maximum atomic E-state index is 13.6. The smallest absolute Gasteiger partial charge is 0.236 e. The fourth-order valence-corrected chi connectivity index (χ4v) is 1.89. The molecular weight excluding hydrogens is 250 g/mol. The van der Waals surface area contributed by atoms with Gasteiger partial charge in [0.1, 0.15) is 0 Å². The Morgan fingerprint density at radius 2 is 1.95 bits per heavy atom. The number of hydrogen-bond donors (Lipinski definition) is 1. The SMILES string of the molecule is CCN(CC)C(=O)CNC(C)c1cccc(F)c1F. The van der Waals surface area contributed by atoms with Crippen molar-refractivity contribution in [1.29, 1.82) is 0 Å². The summed E-state index contributed by atoms with van der Waals surface area (Å²) < 4.78 is 26.7. The molecule has 0 aliphatic heterocycles. The van der Waals surface area contributed by atoms with Crippen LogP contribution in [0.15, 0.2) is 18.2 Å². The minimum absolute atomic E-state index is 0.0475. The average molecular weight is 270 g/mol. The number of halogens is 2. The van der Waals surface area contributed by atoms with Crippen LogP contribution in [-0.4, -0.2) is 30.4 Å². The molecule has 0 heterocycles. The van der Waals surface area contributed by atoms with Gasteiger partial charge in [-0.15, -0.1) is 0 Å². The van der Waals surface area contributed by atoms with Gasteiger partial charge in [0, 0.05) is 24.7 Å². The molecule has 0 spiro atoms. The van der Waals surface area contributed by atoms with Gasteiger partial charge in [0.25, 0.3) is 0 Å². The van der Waals surface area contributed by atoms with Gasteiger partial charge in [-0.3, -0.25) is 4.79 Å². The molecule has 1 atom stereocenters. The van der Waals surface area contributed by atoms with Crippen molar-refractivity contribution in [2.24, 2.45) is 0 Å². The molecule has 1 rings (SSSR count). The number of likely N-dealkylation sites (N-methyl/N-ethyl adjacent to an activating group) is 1. The Morgan fingerprint density at radius 1 is 1.32 bits per heavy atom. The molecule has 5 heteroatoms. The predicted octanol–water partition coefficient (Wildman–Crippen LogP) is 2.48. The minimum atomic E-state index is -0.874. The highest BCUT2D eigenvalue weighted by Gasteiger charge is 2.16. The Kier molecular flexibility index (Phi) is 5.89. The van der Waals surface area contributed by atoms with Crippen molar-refractivity contribution >= 4 is 5.91 Å². The molecule has 0 fully saturated rings. The molecule has 0 radical (unpaired) electrons. The van der Waals surface area contributed by atoms with Crippen LogP contribution in [-0.2, 0) is 4.79 Å². The van der Waals surface area contributed by atoms with Crippen LogP contribution in [0, 0.1) is 11.6 Å². The Hall–Kier alpha value is -1.49. The minimum Gasteiger partial charge on any atom is -0.342 e. The highest BCUT2D eigenvalue weighted by molar-refractivity contribution is 5.78. The van der Waals surface area contributed by atoms with Gasteiger partial charge in [-0.25, -0.2) is 8.78 Å². The zero-order chi connectivity index (χ0) is 14.4. The summed E-state index contributed by atoms with van der Waals surface area (Å²) in [6, 6.07) is 3.62. The molecule has 3 nitrogen and oxygen atoms in total. The lowest BCUT2D eigenvalue weighted by Gasteiger charge is -2.21. The molecule has 0 saturated carbocycles. The molecule has 1 unspecified atom stereocenters. The first kappa shape index (κ1) is 15.6. The van der Waals surface area contributed by atoms with Crippen molar-refractivity contribution in [3.05, 3.63) is 35.4 Å². The first-order valence-electron chi connectivity index (χ1n) is 6.46. The standard InChI is InChI=1S/C14H20F2N2O/c1-4-18(5-2)13(19)9-17-10(3)11-7-6-8-12(15)14(11)16/h6-8,10,17H,4-5,9H2,1-3H3. The number of carbonyl (C=O) groups is 1. The molecule has 1 N–H and O–H groups in total. The van der Waals surface area contributed by atoms with Gasteiger partial charge in [0.15, 0.2) is 11.6 Å². The summed E-state index contributed by atoms with van der Waals surface area (Å²) in [7, 11) is 0. The third-order valence-corrected chi connectivity index (χ3v) is 3.12. The van der Waals surface area contributed by atoms with E-state index in [9.17, 15) is 13.6 Å². The summed E-state index contributed by atoms with van der Waals surface area (Å²) in [5.74, 6) is -1.78. The molecule has 1 amide bonds. The molecular formula is C14H20F2N2O. The van der Waals surface area contributed by atoms with E-state index in [-0.39, 0.29) is 18.0 Å². The highest BCUT2D eigenvalue weighted by Crippen LogP contribution is 2.18. The summed E-state index contributed by atoms with van der Waals surface area (Å²) in [6.07, 6.45) is 0. The number of carbonyl (C=O) groups excluding carboxylic acids is 1. The van der Waals surface area contributed by atoms with Gasteiger partial charge in [-0.2, -0.15) is 0 Å².